The fourth-order valence-electron chi connectivity index (χ4n) is 2.04. The Bertz CT molecular complexity index is 313. The highest BCUT2D eigenvalue weighted by molar-refractivity contribution is 5.26. The van der Waals surface area contributed by atoms with Crippen molar-refractivity contribution >= 4 is 0 Å². The van der Waals surface area contributed by atoms with Gasteiger partial charge in [-0.15, -0.1) is 0 Å². The molecule has 1 aromatic heterocycles. The lowest BCUT2D eigenvalue weighted by molar-refractivity contribution is 0.514. The molecule has 110 valence electrons. The molecule has 18 heavy (non-hydrogen) atoms. The first-order valence-electron chi connectivity index (χ1n) is 6.63. The number of aryl methyl sites for hydroxylation is 1. The molecule has 0 amide bonds. The van der Waals surface area contributed by atoms with Gasteiger partial charge in [0.2, 0.25) is 0 Å². The number of imidazole rings is 1. The first-order valence-corrected chi connectivity index (χ1v) is 6.63. The Balaban J connectivity index is -0.000000344. The average Bonchev–Trinajstić information content (AvgIpc) is 2.75. The van der Waals surface area contributed by atoms with Crippen LogP contribution in [0.15, 0.2) is 0 Å². The highest BCUT2D eigenvalue weighted by Crippen LogP contribution is 2.36. The summed E-state index contributed by atoms with van der Waals surface area (Å²) in [7, 11) is 2.12. The standard InChI is InChI=1S/C10H16N2.2C2H6.2CH4/c1-6-5-9-10(7(6)2)11-8(3)12(9)4;2*1-2;;/h6-7H,5H2,1-4H3;2*1-2H3;2*1H4/t6-,7-;;;;/m1..../s1. The van der Waals surface area contributed by atoms with Crippen molar-refractivity contribution in [2.24, 2.45) is 13.0 Å². The molecule has 0 fully saturated rings. The lowest BCUT2D eigenvalue weighted by atomic mass is 9.99. The Kier molecular flexibility index (Phi) is 12.6. The maximum absolute atomic E-state index is 4.59. The Labute approximate surface area is 116 Å². The summed E-state index contributed by atoms with van der Waals surface area (Å²) in [5, 5.41) is 0. The van der Waals surface area contributed by atoms with Crippen LogP contribution < -0.4 is 0 Å². The van der Waals surface area contributed by atoms with Gasteiger partial charge in [0.05, 0.1) is 5.69 Å². The molecule has 2 heteroatoms. The summed E-state index contributed by atoms with van der Waals surface area (Å²) in [6.07, 6.45) is 1.20. The van der Waals surface area contributed by atoms with Crippen molar-refractivity contribution in [2.45, 2.75) is 75.7 Å². The van der Waals surface area contributed by atoms with Gasteiger partial charge in [0, 0.05) is 18.7 Å². The van der Waals surface area contributed by atoms with E-state index in [1.807, 2.05) is 27.7 Å². The van der Waals surface area contributed by atoms with Crippen LogP contribution in [0.25, 0.3) is 0 Å². The molecular weight excluding hydrogens is 220 g/mol. The predicted molar refractivity (Wildman–Crippen MR) is 85.4 cm³/mol. The number of hydrogen-bond donors (Lipinski definition) is 0. The molecule has 2 rings (SSSR count). The molecule has 2 atom stereocenters. The molecule has 0 radical (unpaired) electrons. The second-order valence-electron chi connectivity index (χ2n) is 4.02. The Morgan fingerprint density at radius 2 is 1.50 bits per heavy atom. The molecule has 0 saturated carbocycles. The number of aromatic nitrogens is 2. The van der Waals surface area contributed by atoms with Crippen molar-refractivity contribution in [3.8, 4) is 0 Å². The Morgan fingerprint density at radius 1 is 1.06 bits per heavy atom. The van der Waals surface area contributed by atoms with Gasteiger partial charge >= 0.3 is 0 Å². The summed E-state index contributed by atoms with van der Waals surface area (Å²) in [5.41, 5.74) is 2.79. The van der Waals surface area contributed by atoms with E-state index in [9.17, 15) is 0 Å². The third kappa shape index (κ3) is 4.15. The van der Waals surface area contributed by atoms with Gasteiger partial charge in [0.25, 0.3) is 0 Å². The van der Waals surface area contributed by atoms with Crippen molar-refractivity contribution in [1.82, 2.24) is 9.55 Å². The Hall–Kier alpha value is -0.790. The Morgan fingerprint density at radius 3 is 1.89 bits per heavy atom. The second-order valence-corrected chi connectivity index (χ2v) is 4.02. The van der Waals surface area contributed by atoms with E-state index < -0.39 is 0 Å². The van der Waals surface area contributed by atoms with Crippen LogP contribution in [0.5, 0.6) is 0 Å². The van der Waals surface area contributed by atoms with E-state index in [4.69, 9.17) is 0 Å². The molecule has 2 nitrogen and oxygen atoms in total. The topological polar surface area (TPSA) is 17.8 Å². The molecule has 0 unspecified atom stereocenters. The lowest BCUT2D eigenvalue weighted by Crippen LogP contribution is -2.02. The van der Waals surface area contributed by atoms with Gasteiger partial charge in [0.1, 0.15) is 5.82 Å². The number of nitrogens with zero attached hydrogens (tertiary/aromatic N) is 2. The van der Waals surface area contributed by atoms with E-state index in [0.29, 0.717) is 5.92 Å². The molecular formula is C16H36N2. The summed E-state index contributed by atoms with van der Waals surface area (Å²) in [5.74, 6) is 2.58. The minimum Gasteiger partial charge on any atom is -0.335 e. The highest BCUT2D eigenvalue weighted by atomic mass is 15.1. The molecule has 0 bridgehead atoms. The third-order valence-corrected chi connectivity index (χ3v) is 3.27. The number of rotatable bonds is 0. The fraction of sp³-hybridized carbons (Fsp3) is 0.812. The van der Waals surface area contributed by atoms with E-state index in [1.165, 1.54) is 17.8 Å². The predicted octanol–water partition coefficient (Wildman–Crippen LogP) is 5.35. The number of fused-ring (bicyclic) bond motifs is 1. The van der Waals surface area contributed by atoms with E-state index in [-0.39, 0.29) is 14.9 Å². The van der Waals surface area contributed by atoms with E-state index >= 15 is 0 Å². The maximum Gasteiger partial charge on any atom is 0.105 e. The molecule has 0 N–H and O–H groups in total. The van der Waals surface area contributed by atoms with Crippen molar-refractivity contribution in [1.29, 1.82) is 0 Å². The smallest absolute Gasteiger partial charge is 0.105 e. The van der Waals surface area contributed by atoms with Crippen LogP contribution in [0, 0.1) is 12.8 Å². The first kappa shape index (κ1) is 22.4. The zero-order chi connectivity index (χ0) is 12.9. The molecule has 0 aromatic carbocycles. The summed E-state index contributed by atoms with van der Waals surface area (Å²) < 4.78 is 2.23. The second kappa shape index (κ2) is 10.2. The van der Waals surface area contributed by atoms with Crippen LogP contribution >= 0.6 is 0 Å². The van der Waals surface area contributed by atoms with Crippen molar-refractivity contribution in [3.05, 3.63) is 17.2 Å². The summed E-state index contributed by atoms with van der Waals surface area (Å²) in [6, 6.07) is 0. The monoisotopic (exact) mass is 256 g/mol. The summed E-state index contributed by atoms with van der Waals surface area (Å²) >= 11 is 0. The van der Waals surface area contributed by atoms with Gasteiger partial charge in [-0.2, -0.15) is 0 Å². The van der Waals surface area contributed by atoms with Crippen LogP contribution in [0.1, 0.15) is 79.5 Å². The average molecular weight is 256 g/mol. The number of hydrogen-bond acceptors (Lipinski definition) is 1. The summed E-state index contributed by atoms with van der Waals surface area (Å²) in [4.78, 5) is 4.59. The third-order valence-electron chi connectivity index (χ3n) is 3.27. The minimum absolute atomic E-state index is 0. The van der Waals surface area contributed by atoms with Gasteiger partial charge in [-0.3, -0.25) is 0 Å². The van der Waals surface area contributed by atoms with Crippen LogP contribution in [0.3, 0.4) is 0 Å². The van der Waals surface area contributed by atoms with Gasteiger partial charge in [0.15, 0.2) is 0 Å². The zero-order valence-electron chi connectivity index (χ0n) is 12.3. The van der Waals surface area contributed by atoms with Gasteiger partial charge in [-0.05, 0) is 19.3 Å². The van der Waals surface area contributed by atoms with Crippen LogP contribution in [0.2, 0.25) is 0 Å². The van der Waals surface area contributed by atoms with Crippen molar-refractivity contribution in [3.63, 3.8) is 0 Å². The SMILES string of the molecule is C.C.CC.CC.Cc1nc2c(n1C)C[C@@H](C)[C@H]2C. The normalized spacial score (nSPS) is 19.1. The van der Waals surface area contributed by atoms with E-state index in [0.717, 1.165) is 11.7 Å². The van der Waals surface area contributed by atoms with E-state index in [1.54, 1.807) is 0 Å². The highest BCUT2D eigenvalue weighted by Gasteiger charge is 2.30. The van der Waals surface area contributed by atoms with Crippen molar-refractivity contribution < 1.29 is 0 Å². The maximum atomic E-state index is 4.59. The first-order chi connectivity index (χ1) is 7.61. The largest absolute Gasteiger partial charge is 0.335 e. The van der Waals surface area contributed by atoms with Crippen LogP contribution in [-0.4, -0.2) is 9.55 Å². The molecule has 1 heterocycles. The molecule has 0 saturated heterocycles. The molecule has 1 aliphatic carbocycles. The van der Waals surface area contributed by atoms with Gasteiger partial charge < -0.3 is 4.57 Å². The lowest BCUT2D eigenvalue weighted by Gasteiger charge is -2.08. The minimum atomic E-state index is 0. The van der Waals surface area contributed by atoms with E-state index in [2.05, 4.69) is 37.4 Å². The van der Waals surface area contributed by atoms with Crippen molar-refractivity contribution in [2.75, 3.05) is 0 Å². The fourth-order valence-corrected chi connectivity index (χ4v) is 2.04. The van der Waals surface area contributed by atoms with Crippen LogP contribution in [0.4, 0.5) is 0 Å². The molecule has 0 spiro atoms. The van der Waals surface area contributed by atoms with Gasteiger partial charge in [-0.1, -0.05) is 56.4 Å². The van der Waals surface area contributed by atoms with Crippen LogP contribution in [-0.2, 0) is 13.5 Å². The quantitative estimate of drug-likeness (QED) is 0.612. The molecule has 1 aromatic rings. The van der Waals surface area contributed by atoms with Gasteiger partial charge in [-0.25, -0.2) is 4.98 Å². The molecule has 1 aliphatic rings. The summed E-state index contributed by atoms with van der Waals surface area (Å²) in [6.45, 7) is 14.7. The molecule has 0 aliphatic heterocycles. The zero-order valence-corrected chi connectivity index (χ0v) is 12.3.